The van der Waals surface area contributed by atoms with Crippen molar-refractivity contribution in [1.82, 2.24) is 4.90 Å². The number of benzene rings is 1. The van der Waals surface area contributed by atoms with Gasteiger partial charge in [0.1, 0.15) is 12.4 Å². The van der Waals surface area contributed by atoms with Gasteiger partial charge in [-0.3, -0.25) is 0 Å². The summed E-state index contributed by atoms with van der Waals surface area (Å²) >= 11 is 0. The molecule has 0 saturated heterocycles. The van der Waals surface area contributed by atoms with Gasteiger partial charge in [-0.25, -0.2) is 4.99 Å². The van der Waals surface area contributed by atoms with E-state index in [2.05, 4.69) is 16.8 Å². The van der Waals surface area contributed by atoms with Crippen LogP contribution >= 0.6 is 0 Å². The lowest BCUT2D eigenvalue weighted by Gasteiger charge is -2.48. The predicted molar refractivity (Wildman–Crippen MR) is 96.2 cm³/mol. The van der Waals surface area contributed by atoms with Gasteiger partial charge in [0.25, 0.3) is 0 Å². The Kier molecular flexibility index (Phi) is 5.89. The maximum Gasteiger partial charge on any atom is 0.308 e. The number of alkyl halides is 2. The highest BCUT2D eigenvalue weighted by Gasteiger charge is 2.68. The fraction of sp³-hybridized carbons (Fsp3) is 0.526. The van der Waals surface area contributed by atoms with Crippen LogP contribution in [-0.4, -0.2) is 50.3 Å². The number of hydrogen-bond donors (Lipinski definition) is 1. The van der Waals surface area contributed by atoms with Crippen molar-refractivity contribution in [2.45, 2.75) is 32.3 Å². The molecule has 1 aromatic rings. The summed E-state index contributed by atoms with van der Waals surface area (Å²) in [6.45, 7) is 5.27. The fourth-order valence-corrected chi connectivity index (χ4v) is 2.87. The third-order valence-electron chi connectivity index (χ3n) is 4.55. The second kappa shape index (κ2) is 7.60. The standard InChI is InChI=1S/C19H24F2N2O3/c1-6-8-9-26-11-18(24)17-15(25-5)10-14(22-12-23(4)7-2)13(3)16(17)19(18,20)21/h10,12,24H,7,9,11H2,1-5H3/b22-12+. The highest BCUT2D eigenvalue weighted by atomic mass is 19.3. The second-order valence-corrected chi connectivity index (χ2v) is 6.14. The van der Waals surface area contributed by atoms with Crippen molar-refractivity contribution in [2.75, 3.05) is 33.9 Å². The molecule has 0 aromatic heterocycles. The molecule has 142 valence electrons. The quantitative estimate of drug-likeness (QED) is 0.349. The molecule has 5 nitrogen and oxygen atoms in total. The summed E-state index contributed by atoms with van der Waals surface area (Å²) in [5.41, 5.74) is -1.97. The zero-order valence-electron chi connectivity index (χ0n) is 15.7. The molecule has 1 aromatic carbocycles. The molecule has 2 rings (SSSR count). The number of fused-ring (bicyclic) bond motifs is 1. The summed E-state index contributed by atoms with van der Waals surface area (Å²) in [6.07, 6.45) is 1.57. The van der Waals surface area contributed by atoms with Crippen molar-refractivity contribution in [1.29, 1.82) is 0 Å². The van der Waals surface area contributed by atoms with Crippen molar-refractivity contribution >= 4 is 12.0 Å². The zero-order chi connectivity index (χ0) is 19.5. The summed E-state index contributed by atoms with van der Waals surface area (Å²) in [7, 11) is 3.21. The van der Waals surface area contributed by atoms with Crippen LogP contribution in [0.3, 0.4) is 0 Å². The Labute approximate surface area is 152 Å². The van der Waals surface area contributed by atoms with E-state index in [0.717, 1.165) is 6.54 Å². The van der Waals surface area contributed by atoms with Gasteiger partial charge in [0.15, 0.2) is 5.60 Å². The normalized spacial score (nSPS) is 20.2. The average Bonchev–Trinajstić information content (AvgIpc) is 2.62. The summed E-state index contributed by atoms with van der Waals surface area (Å²) in [4.78, 5) is 6.10. The van der Waals surface area contributed by atoms with Gasteiger partial charge in [-0.1, -0.05) is 5.92 Å². The number of rotatable bonds is 7. The molecule has 1 unspecified atom stereocenters. The van der Waals surface area contributed by atoms with Crippen LogP contribution in [0.5, 0.6) is 5.75 Å². The van der Waals surface area contributed by atoms with E-state index in [9.17, 15) is 13.9 Å². The lowest BCUT2D eigenvalue weighted by atomic mass is 9.67. The number of halogens is 2. The maximum absolute atomic E-state index is 14.8. The third-order valence-corrected chi connectivity index (χ3v) is 4.55. The Hall–Kier alpha value is -2.17. The van der Waals surface area contributed by atoms with E-state index < -0.39 is 18.1 Å². The van der Waals surface area contributed by atoms with Gasteiger partial charge in [-0.15, -0.1) is 5.92 Å². The van der Waals surface area contributed by atoms with Crippen LogP contribution in [0.1, 0.15) is 30.5 Å². The molecule has 0 saturated carbocycles. The zero-order valence-corrected chi connectivity index (χ0v) is 15.7. The molecule has 0 bridgehead atoms. The summed E-state index contributed by atoms with van der Waals surface area (Å²) in [6, 6.07) is 1.56. The molecule has 1 aliphatic rings. The average molecular weight is 366 g/mol. The highest BCUT2D eigenvalue weighted by Crippen LogP contribution is 2.62. The van der Waals surface area contributed by atoms with Crippen molar-refractivity contribution in [2.24, 2.45) is 4.99 Å². The van der Waals surface area contributed by atoms with Crippen LogP contribution in [0, 0.1) is 18.8 Å². The Morgan fingerprint density at radius 3 is 2.65 bits per heavy atom. The van der Waals surface area contributed by atoms with Crippen molar-refractivity contribution in [3.05, 3.63) is 22.8 Å². The SMILES string of the molecule is CC#CCOCC1(O)c2c(OC)cc(/N=C/N(C)CC)c(C)c2C1(F)F. The van der Waals surface area contributed by atoms with E-state index >= 15 is 0 Å². The molecule has 7 heteroatoms. The van der Waals surface area contributed by atoms with Gasteiger partial charge >= 0.3 is 5.92 Å². The smallest absolute Gasteiger partial charge is 0.308 e. The van der Waals surface area contributed by atoms with E-state index in [1.54, 1.807) is 26.3 Å². The number of methoxy groups -OCH3 is 1. The van der Waals surface area contributed by atoms with E-state index in [4.69, 9.17) is 9.47 Å². The van der Waals surface area contributed by atoms with Crippen LogP contribution in [0.25, 0.3) is 0 Å². The molecule has 1 aliphatic carbocycles. The predicted octanol–water partition coefficient (Wildman–Crippen LogP) is 2.95. The van der Waals surface area contributed by atoms with Crippen LogP contribution < -0.4 is 4.74 Å². The number of nitrogens with zero attached hydrogens (tertiary/aromatic N) is 2. The third kappa shape index (κ3) is 3.15. The molecule has 0 spiro atoms. The maximum atomic E-state index is 14.8. The molecule has 0 amide bonds. The molecule has 26 heavy (non-hydrogen) atoms. The lowest BCUT2D eigenvalue weighted by Crippen LogP contribution is -2.57. The van der Waals surface area contributed by atoms with Crippen LogP contribution in [0.15, 0.2) is 11.1 Å². The monoisotopic (exact) mass is 366 g/mol. The van der Waals surface area contributed by atoms with Gasteiger partial charge in [0, 0.05) is 30.8 Å². The van der Waals surface area contributed by atoms with Gasteiger partial charge in [-0.2, -0.15) is 8.78 Å². The Morgan fingerprint density at radius 2 is 2.08 bits per heavy atom. The highest BCUT2D eigenvalue weighted by molar-refractivity contribution is 5.71. The molecule has 0 radical (unpaired) electrons. The topological polar surface area (TPSA) is 54.3 Å². The largest absolute Gasteiger partial charge is 0.496 e. The van der Waals surface area contributed by atoms with Gasteiger partial charge in [0.05, 0.1) is 25.7 Å². The van der Waals surface area contributed by atoms with E-state index in [-0.39, 0.29) is 23.5 Å². The van der Waals surface area contributed by atoms with E-state index in [1.165, 1.54) is 7.11 Å². The molecule has 1 N–H and O–H groups in total. The molecular formula is C19H24F2N2O3. The number of ether oxygens (including phenoxy) is 2. The van der Waals surface area contributed by atoms with Crippen LogP contribution in [0.2, 0.25) is 0 Å². The molecule has 0 aliphatic heterocycles. The van der Waals surface area contributed by atoms with Gasteiger partial charge in [0.2, 0.25) is 0 Å². The summed E-state index contributed by atoms with van der Waals surface area (Å²) in [5, 5.41) is 10.6. The molecular weight excluding hydrogens is 342 g/mol. The molecule has 0 fully saturated rings. The van der Waals surface area contributed by atoms with E-state index in [0.29, 0.717) is 11.3 Å². The number of hydrogen-bond acceptors (Lipinski definition) is 4. The van der Waals surface area contributed by atoms with Crippen LogP contribution in [0.4, 0.5) is 14.5 Å². The first-order chi connectivity index (χ1) is 12.2. The Bertz CT molecular complexity index is 768. The van der Waals surface area contributed by atoms with Crippen molar-refractivity contribution in [3.63, 3.8) is 0 Å². The van der Waals surface area contributed by atoms with E-state index in [1.807, 2.05) is 18.9 Å². The second-order valence-electron chi connectivity index (χ2n) is 6.14. The first kappa shape index (κ1) is 20.1. The Morgan fingerprint density at radius 1 is 1.38 bits per heavy atom. The van der Waals surface area contributed by atoms with Crippen molar-refractivity contribution < 1.29 is 23.4 Å². The van der Waals surface area contributed by atoms with Crippen LogP contribution in [-0.2, 0) is 16.3 Å². The first-order valence-electron chi connectivity index (χ1n) is 8.29. The van der Waals surface area contributed by atoms with Crippen molar-refractivity contribution in [3.8, 4) is 17.6 Å². The minimum atomic E-state index is -3.47. The number of aliphatic imine (C=N–C) groups is 1. The fourth-order valence-electron chi connectivity index (χ4n) is 2.87. The number of aliphatic hydroxyl groups is 1. The minimum absolute atomic E-state index is 0.0305. The summed E-state index contributed by atoms with van der Waals surface area (Å²) in [5.74, 6) is 1.92. The molecule has 0 heterocycles. The minimum Gasteiger partial charge on any atom is -0.496 e. The first-order valence-corrected chi connectivity index (χ1v) is 8.29. The van der Waals surface area contributed by atoms with Gasteiger partial charge in [-0.05, 0) is 26.3 Å². The summed E-state index contributed by atoms with van der Waals surface area (Å²) < 4.78 is 40.1. The molecule has 1 atom stereocenters. The lowest BCUT2D eigenvalue weighted by molar-refractivity contribution is -0.247. The van der Waals surface area contributed by atoms with Gasteiger partial charge < -0.3 is 19.5 Å². The Balaban J connectivity index is 2.47.